The second kappa shape index (κ2) is 16.7. The lowest BCUT2D eigenvalue weighted by Gasteiger charge is -2.13. The first-order valence-electron chi connectivity index (χ1n) is 14.2. The van der Waals surface area contributed by atoms with Gasteiger partial charge in [-0.2, -0.15) is 0 Å². The number of Topliss-reactive ketones (excluding diaryl/α,β-unsaturated/α-hetero) is 1. The van der Waals surface area contributed by atoms with Gasteiger partial charge < -0.3 is 23.7 Å². The van der Waals surface area contributed by atoms with Crippen LogP contribution >= 0.6 is 0 Å². The highest BCUT2D eigenvalue weighted by molar-refractivity contribution is 6.32. The third-order valence-electron chi connectivity index (χ3n) is 6.19. The van der Waals surface area contributed by atoms with Gasteiger partial charge in [-0.05, 0) is 78.6 Å². The fourth-order valence-electron chi connectivity index (χ4n) is 3.82. The van der Waals surface area contributed by atoms with Crippen LogP contribution < -0.4 is 14.2 Å². The molecule has 3 aromatic carbocycles. The normalized spacial score (nSPS) is 10.5. The summed E-state index contributed by atoms with van der Waals surface area (Å²) < 4.78 is 56.2. The topological polar surface area (TPSA) is 114 Å². The van der Waals surface area contributed by atoms with Gasteiger partial charge in [-0.25, -0.2) is 23.2 Å². The number of hydrogen-bond donors (Lipinski definition) is 0. The van der Waals surface area contributed by atoms with Crippen LogP contribution in [0.15, 0.2) is 78.9 Å². The van der Waals surface area contributed by atoms with E-state index in [1.54, 1.807) is 24.3 Å². The lowest BCUT2D eigenvalue weighted by Crippen LogP contribution is -2.15. The van der Waals surface area contributed by atoms with Crippen LogP contribution in [0.1, 0.15) is 33.6 Å². The van der Waals surface area contributed by atoms with Crippen molar-refractivity contribution in [1.29, 1.82) is 0 Å². The van der Waals surface area contributed by atoms with Crippen molar-refractivity contribution in [3.8, 4) is 39.5 Å². The third kappa shape index (κ3) is 10.4. The molecule has 0 aromatic heterocycles. The van der Waals surface area contributed by atoms with Gasteiger partial charge in [0.1, 0.15) is 5.75 Å². The number of ketones is 1. The average molecular weight is 637 g/mol. The predicted octanol–water partition coefficient (Wildman–Crippen LogP) is 6.57. The Bertz CT molecular complexity index is 1540. The molecule has 0 aliphatic carbocycles. The molecule has 0 radical (unpaired) electrons. The van der Waals surface area contributed by atoms with Crippen LogP contribution in [0.5, 0.6) is 17.2 Å². The van der Waals surface area contributed by atoms with E-state index in [2.05, 4.69) is 13.2 Å². The molecule has 9 nitrogen and oxygen atoms in total. The first-order chi connectivity index (χ1) is 21.8. The minimum absolute atomic E-state index is 0.00487. The first-order valence-corrected chi connectivity index (χ1v) is 14.2. The monoisotopic (exact) mass is 636 g/mol. The quantitative estimate of drug-likeness (QED) is 0.0566. The van der Waals surface area contributed by atoms with Crippen LogP contribution in [0.3, 0.4) is 0 Å². The van der Waals surface area contributed by atoms with E-state index >= 15 is 4.39 Å². The van der Waals surface area contributed by atoms with Crippen molar-refractivity contribution < 1.29 is 51.6 Å². The molecule has 0 aliphatic rings. The minimum atomic E-state index is -0.950. The van der Waals surface area contributed by atoms with Gasteiger partial charge in [-0.1, -0.05) is 25.3 Å². The van der Waals surface area contributed by atoms with Crippen molar-refractivity contribution in [1.82, 2.24) is 0 Å². The van der Waals surface area contributed by atoms with E-state index in [0.29, 0.717) is 28.7 Å². The second-order valence-corrected chi connectivity index (χ2v) is 10.2. The van der Waals surface area contributed by atoms with Crippen LogP contribution in [0, 0.1) is 11.6 Å². The number of hydrogen-bond acceptors (Lipinski definition) is 9. The van der Waals surface area contributed by atoms with Crippen molar-refractivity contribution in [2.24, 2.45) is 0 Å². The molecule has 0 atom stereocenters. The molecular weight excluding hydrogens is 602 g/mol. The van der Waals surface area contributed by atoms with Crippen LogP contribution in [0.25, 0.3) is 22.3 Å². The zero-order valence-corrected chi connectivity index (χ0v) is 25.8. The number of ether oxygens (including phenoxy) is 5. The molecule has 0 amide bonds. The Morgan fingerprint density at radius 3 is 1.46 bits per heavy atom. The van der Waals surface area contributed by atoms with E-state index in [-0.39, 0.29) is 61.2 Å². The first kappa shape index (κ1) is 35.2. The molecule has 242 valence electrons. The molecule has 0 saturated heterocycles. The summed E-state index contributed by atoms with van der Waals surface area (Å²) in [6, 6.07) is 13.3. The van der Waals surface area contributed by atoms with Crippen molar-refractivity contribution >= 4 is 23.7 Å². The van der Waals surface area contributed by atoms with Gasteiger partial charge in [0.05, 0.1) is 26.4 Å². The van der Waals surface area contributed by atoms with E-state index in [1.807, 2.05) is 0 Å². The summed E-state index contributed by atoms with van der Waals surface area (Å²) >= 11 is 0. The summed E-state index contributed by atoms with van der Waals surface area (Å²) in [5.74, 6) is -4.09. The lowest BCUT2D eigenvalue weighted by molar-refractivity contribution is -0.153. The largest absolute Gasteiger partial charge is 0.490 e. The molecule has 0 heterocycles. The highest BCUT2D eigenvalue weighted by atomic mass is 19.1. The lowest BCUT2D eigenvalue weighted by atomic mass is 9.98. The molecule has 0 aliphatic heterocycles. The van der Waals surface area contributed by atoms with E-state index in [4.69, 9.17) is 23.7 Å². The molecule has 11 heteroatoms. The number of carbonyl (C=O) groups is 4. The Labute approximate surface area is 265 Å². The maximum atomic E-state index is 15.0. The van der Waals surface area contributed by atoms with E-state index in [0.717, 1.165) is 6.92 Å². The maximum Gasteiger partial charge on any atom is 0.374 e. The summed E-state index contributed by atoms with van der Waals surface area (Å²) in [5.41, 5.74) is 2.23. The van der Waals surface area contributed by atoms with Gasteiger partial charge in [0.15, 0.2) is 23.1 Å². The number of halogens is 2. The van der Waals surface area contributed by atoms with E-state index < -0.39 is 35.3 Å². The van der Waals surface area contributed by atoms with Crippen molar-refractivity contribution in [2.45, 2.75) is 33.6 Å². The van der Waals surface area contributed by atoms with Crippen molar-refractivity contribution in [3.63, 3.8) is 0 Å². The van der Waals surface area contributed by atoms with Crippen molar-refractivity contribution in [3.05, 3.63) is 90.5 Å². The van der Waals surface area contributed by atoms with Crippen LogP contribution in [-0.4, -0.2) is 50.1 Å². The smallest absolute Gasteiger partial charge is 0.374 e. The number of benzene rings is 3. The maximum absolute atomic E-state index is 15.0. The minimum Gasteiger partial charge on any atom is -0.490 e. The summed E-state index contributed by atoms with van der Waals surface area (Å²) in [4.78, 5) is 45.9. The molecule has 0 fully saturated rings. The van der Waals surface area contributed by atoms with Crippen LogP contribution in [0.2, 0.25) is 0 Å². The molecule has 0 saturated carbocycles. The van der Waals surface area contributed by atoms with Crippen LogP contribution in [-0.2, 0) is 28.7 Å². The summed E-state index contributed by atoms with van der Waals surface area (Å²) in [5, 5.41) is 0. The molecule has 3 rings (SSSR count). The molecule has 3 aromatic rings. The molecule has 46 heavy (non-hydrogen) atoms. The Hall–Kier alpha value is -5.32. The van der Waals surface area contributed by atoms with Gasteiger partial charge in [0.25, 0.3) is 0 Å². The molecule has 0 N–H and O–H groups in total. The standard InChI is InChI=1S/C35H34F2O9/c1-21(2)33(39)44-14-6-12-42-31-10-8-24(19-29(31)36)26-16-27(18-28(17-26)46-34(40)22(3)4)25-9-11-32(30(37)20-25)43-13-7-15-45-35(41)23(5)38/h8-11,16-20H,1,3,6-7,12-15H2,2,4-5H3. The number of carbonyl (C=O) groups excluding carboxylic acids is 4. The Balaban J connectivity index is 1.78. The average Bonchev–Trinajstić information content (AvgIpc) is 3.01. The highest BCUT2D eigenvalue weighted by Crippen LogP contribution is 2.35. The van der Waals surface area contributed by atoms with Gasteiger partial charge in [0, 0.05) is 30.9 Å². The number of esters is 3. The number of rotatable bonds is 16. The fraction of sp³-hybridized carbons (Fsp3) is 0.257. The highest BCUT2D eigenvalue weighted by Gasteiger charge is 2.15. The SMILES string of the molecule is C=C(C)C(=O)OCCCOc1ccc(-c2cc(OC(=O)C(=C)C)cc(-c3ccc(OCCCOC(=O)C(C)=O)c(F)c3)c2)cc1F. The predicted molar refractivity (Wildman–Crippen MR) is 165 cm³/mol. The molecule has 0 spiro atoms. The summed E-state index contributed by atoms with van der Waals surface area (Å²) in [6.07, 6.45) is 0.585. The molecule has 0 bridgehead atoms. The fourth-order valence-corrected chi connectivity index (χ4v) is 3.82. The zero-order chi connectivity index (χ0) is 33.8. The van der Waals surface area contributed by atoms with E-state index in [9.17, 15) is 23.6 Å². The van der Waals surface area contributed by atoms with Gasteiger partial charge in [-0.3, -0.25) is 4.79 Å². The van der Waals surface area contributed by atoms with Gasteiger partial charge in [0.2, 0.25) is 5.78 Å². The third-order valence-corrected chi connectivity index (χ3v) is 6.19. The van der Waals surface area contributed by atoms with Crippen molar-refractivity contribution in [2.75, 3.05) is 26.4 Å². The van der Waals surface area contributed by atoms with Crippen LogP contribution in [0.4, 0.5) is 8.78 Å². The Morgan fingerprint density at radius 1 is 0.587 bits per heavy atom. The Morgan fingerprint density at radius 2 is 1.04 bits per heavy atom. The zero-order valence-electron chi connectivity index (χ0n) is 25.8. The Kier molecular flexibility index (Phi) is 12.7. The van der Waals surface area contributed by atoms with Gasteiger partial charge in [-0.15, -0.1) is 0 Å². The molecular formula is C35H34F2O9. The van der Waals surface area contributed by atoms with E-state index in [1.165, 1.54) is 44.2 Å². The second-order valence-electron chi connectivity index (χ2n) is 10.2. The molecule has 0 unspecified atom stereocenters. The summed E-state index contributed by atoms with van der Waals surface area (Å²) in [7, 11) is 0. The summed E-state index contributed by atoms with van der Waals surface area (Å²) in [6.45, 7) is 11.4. The van der Waals surface area contributed by atoms with Gasteiger partial charge >= 0.3 is 17.9 Å².